The van der Waals surface area contributed by atoms with Gasteiger partial charge in [0.2, 0.25) is 12.5 Å². The summed E-state index contributed by atoms with van der Waals surface area (Å²) in [5.74, 6) is -0.381. The second-order valence-corrected chi connectivity index (χ2v) is 3.30. The molecular weight excluding hydrogens is 220 g/mol. The molecule has 0 heterocycles. The smallest absolute Gasteiger partial charge is 0.230 e. The monoisotopic (exact) mass is 228 g/mol. The summed E-state index contributed by atoms with van der Waals surface area (Å²) in [5, 5.41) is 13.1. The molecule has 0 spiro atoms. The van der Waals surface area contributed by atoms with Crippen molar-refractivity contribution in [1.82, 2.24) is 0 Å². The second-order valence-electron chi connectivity index (χ2n) is 2.86. The van der Waals surface area contributed by atoms with Gasteiger partial charge in [0.05, 0.1) is 6.42 Å². The topological polar surface area (TPSA) is 72.2 Å². The number of nitro groups is 1. The summed E-state index contributed by atoms with van der Waals surface area (Å²) in [6.07, 6.45) is -0.129. The Bertz CT molecular complexity index is 364. The van der Waals surface area contributed by atoms with Crippen LogP contribution in [0.15, 0.2) is 24.3 Å². The first kappa shape index (κ1) is 11.5. The molecule has 0 aromatic heterocycles. The number of halogens is 1. The van der Waals surface area contributed by atoms with Crippen molar-refractivity contribution in [1.29, 1.82) is 0 Å². The maximum absolute atomic E-state index is 11.2. The molecule has 1 aromatic rings. The Morgan fingerprint density at radius 3 is 2.53 bits per heavy atom. The molecule has 6 heteroatoms. The Hall–Kier alpha value is -1.62. The molecule has 0 bridgehead atoms. The minimum atomic E-state index is -0.526. The van der Waals surface area contributed by atoms with Crippen LogP contribution < -0.4 is 5.32 Å². The quantitative estimate of drug-likeness (QED) is 0.632. The summed E-state index contributed by atoms with van der Waals surface area (Å²) < 4.78 is 0. The number of carbonyl (C=O) groups is 1. The van der Waals surface area contributed by atoms with E-state index in [-0.39, 0.29) is 18.9 Å². The molecule has 80 valence electrons. The molecule has 0 aliphatic carbocycles. The van der Waals surface area contributed by atoms with Crippen molar-refractivity contribution in [2.75, 3.05) is 11.9 Å². The van der Waals surface area contributed by atoms with E-state index in [0.717, 1.165) is 0 Å². The second kappa shape index (κ2) is 5.31. The fourth-order valence-electron chi connectivity index (χ4n) is 0.950. The van der Waals surface area contributed by atoms with Crippen molar-refractivity contribution in [2.45, 2.75) is 6.42 Å². The third-order valence-corrected chi connectivity index (χ3v) is 1.90. The van der Waals surface area contributed by atoms with E-state index >= 15 is 0 Å². The fraction of sp³-hybridized carbons (Fsp3) is 0.222. The van der Waals surface area contributed by atoms with Gasteiger partial charge in [-0.05, 0) is 24.3 Å². The number of hydrogen-bond acceptors (Lipinski definition) is 3. The van der Waals surface area contributed by atoms with Crippen molar-refractivity contribution >= 4 is 23.2 Å². The van der Waals surface area contributed by atoms with E-state index in [9.17, 15) is 14.9 Å². The van der Waals surface area contributed by atoms with Gasteiger partial charge in [0.15, 0.2) is 0 Å². The van der Waals surface area contributed by atoms with Crippen LogP contribution in [0.2, 0.25) is 5.02 Å². The van der Waals surface area contributed by atoms with E-state index in [1.165, 1.54) is 0 Å². The van der Waals surface area contributed by atoms with Crippen LogP contribution in [-0.2, 0) is 4.79 Å². The van der Waals surface area contributed by atoms with E-state index in [2.05, 4.69) is 5.32 Å². The molecule has 0 atom stereocenters. The van der Waals surface area contributed by atoms with Crippen molar-refractivity contribution in [3.63, 3.8) is 0 Å². The van der Waals surface area contributed by atoms with Crippen LogP contribution >= 0.6 is 11.6 Å². The first-order valence-electron chi connectivity index (χ1n) is 4.25. The third-order valence-electron chi connectivity index (χ3n) is 1.65. The van der Waals surface area contributed by atoms with Crippen LogP contribution in [0.1, 0.15) is 6.42 Å². The zero-order valence-electron chi connectivity index (χ0n) is 7.77. The number of carbonyl (C=O) groups excluding carboxylic acids is 1. The predicted octanol–water partition coefficient (Wildman–Crippen LogP) is 1.95. The summed E-state index contributed by atoms with van der Waals surface area (Å²) in [7, 11) is 0. The van der Waals surface area contributed by atoms with Crippen molar-refractivity contribution in [3.05, 3.63) is 39.4 Å². The van der Waals surface area contributed by atoms with E-state index in [1.54, 1.807) is 24.3 Å². The van der Waals surface area contributed by atoms with Crippen molar-refractivity contribution in [3.8, 4) is 0 Å². The summed E-state index contributed by atoms with van der Waals surface area (Å²) in [4.78, 5) is 20.6. The van der Waals surface area contributed by atoms with Gasteiger partial charge >= 0.3 is 0 Å². The lowest BCUT2D eigenvalue weighted by Crippen LogP contribution is -2.16. The highest BCUT2D eigenvalue weighted by Gasteiger charge is 2.06. The predicted molar refractivity (Wildman–Crippen MR) is 56.6 cm³/mol. The standard InChI is InChI=1S/C9H9ClN2O3/c10-7-1-3-8(4-2-7)11-9(13)5-6-12(14)15/h1-4H,5-6H2,(H,11,13). The Morgan fingerprint density at radius 1 is 1.40 bits per heavy atom. The maximum atomic E-state index is 11.2. The molecule has 1 rings (SSSR count). The van der Waals surface area contributed by atoms with Gasteiger partial charge in [-0.2, -0.15) is 0 Å². The number of amides is 1. The SMILES string of the molecule is O=C(CC[N+](=O)[O-])Nc1ccc(Cl)cc1. The third kappa shape index (κ3) is 4.42. The molecule has 15 heavy (non-hydrogen) atoms. The van der Waals surface area contributed by atoms with Crippen LogP contribution in [0, 0.1) is 10.1 Å². The molecule has 0 saturated carbocycles. The molecule has 0 aliphatic rings. The van der Waals surface area contributed by atoms with Crippen LogP contribution in [0.4, 0.5) is 5.69 Å². The van der Waals surface area contributed by atoms with Crippen molar-refractivity contribution in [2.24, 2.45) is 0 Å². The van der Waals surface area contributed by atoms with E-state index in [4.69, 9.17) is 11.6 Å². The van der Waals surface area contributed by atoms with Gasteiger partial charge in [0.25, 0.3) is 0 Å². The van der Waals surface area contributed by atoms with Gasteiger partial charge in [0.1, 0.15) is 0 Å². The van der Waals surface area contributed by atoms with Crippen molar-refractivity contribution < 1.29 is 9.72 Å². The molecule has 0 radical (unpaired) electrons. The van der Waals surface area contributed by atoms with E-state index < -0.39 is 4.92 Å². The van der Waals surface area contributed by atoms with Gasteiger partial charge in [-0.3, -0.25) is 14.9 Å². The molecule has 0 unspecified atom stereocenters. The number of anilines is 1. The fourth-order valence-corrected chi connectivity index (χ4v) is 1.08. The Labute approximate surface area is 91.2 Å². The summed E-state index contributed by atoms with van der Waals surface area (Å²) in [6, 6.07) is 6.52. The molecular formula is C9H9ClN2O3. The average molecular weight is 229 g/mol. The first-order valence-corrected chi connectivity index (χ1v) is 4.63. The van der Waals surface area contributed by atoms with Gasteiger partial charge in [-0.1, -0.05) is 11.6 Å². The highest BCUT2D eigenvalue weighted by molar-refractivity contribution is 6.30. The van der Waals surface area contributed by atoms with Crippen LogP contribution in [0.3, 0.4) is 0 Å². The molecule has 5 nitrogen and oxygen atoms in total. The first-order chi connectivity index (χ1) is 7.08. The lowest BCUT2D eigenvalue weighted by molar-refractivity contribution is -0.478. The number of hydrogen-bond donors (Lipinski definition) is 1. The Morgan fingerprint density at radius 2 is 2.00 bits per heavy atom. The lowest BCUT2D eigenvalue weighted by atomic mass is 10.3. The normalized spacial score (nSPS) is 9.67. The summed E-state index contributed by atoms with van der Waals surface area (Å²) in [6.45, 7) is -0.362. The number of rotatable bonds is 4. The van der Waals surface area contributed by atoms with Crippen LogP contribution in [-0.4, -0.2) is 17.4 Å². The number of nitrogens with one attached hydrogen (secondary N) is 1. The molecule has 1 aromatic carbocycles. The Kier molecular flexibility index (Phi) is 4.05. The van der Waals surface area contributed by atoms with Gasteiger partial charge in [-0.25, -0.2) is 0 Å². The molecule has 1 N–H and O–H groups in total. The highest BCUT2D eigenvalue weighted by Crippen LogP contribution is 2.13. The van der Waals surface area contributed by atoms with Crippen LogP contribution in [0.5, 0.6) is 0 Å². The minimum absolute atomic E-state index is 0.129. The number of benzene rings is 1. The van der Waals surface area contributed by atoms with Gasteiger partial charge in [-0.15, -0.1) is 0 Å². The molecule has 1 amide bonds. The van der Waals surface area contributed by atoms with Crippen LogP contribution in [0.25, 0.3) is 0 Å². The average Bonchev–Trinajstić information content (AvgIpc) is 2.19. The highest BCUT2D eigenvalue weighted by atomic mass is 35.5. The summed E-state index contributed by atoms with van der Waals surface area (Å²) in [5.41, 5.74) is 0.577. The van der Waals surface area contributed by atoms with E-state index in [0.29, 0.717) is 10.7 Å². The molecule has 0 saturated heterocycles. The largest absolute Gasteiger partial charge is 0.326 e. The van der Waals surface area contributed by atoms with Gasteiger partial charge in [0, 0.05) is 15.6 Å². The molecule has 0 aliphatic heterocycles. The Balaban J connectivity index is 2.44. The van der Waals surface area contributed by atoms with E-state index in [1.807, 2.05) is 0 Å². The number of nitrogens with zero attached hydrogens (tertiary/aromatic N) is 1. The zero-order valence-corrected chi connectivity index (χ0v) is 8.53. The van der Waals surface area contributed by atoms with Gasteiger partial charge < -0.3 is 5.32 Å². The minimum Gasteiger partial charge on any atom is -0.326 e. The summed E-state index contributed by atoms with van der Waals surface area (Å²) >= 11 is 5.65. The maximum Gasteiger partial charge on any atom is 0.230 e. The zero-order chi connectivity index (χ0) is 11.3. The lowest BCUT2D eigenvalue weighted by Gasteiger charge is -2.02. The molecule has 0 fully saturated rings.